The molecule has 8 heteroatoms. The number of aromatic nitrogens is 6. The fourth-order valence-corrected chi connectivity index (χ4v) is 2.57. The van der Waals surface area contributed by atoms with E-state index >= 15 is 0 Å². The zero-order valence-electron chi connectivity index (χ0n) is 12.9. The van der Waals surface area contributed by atoms with Gasteiger partial charge in [0, 0.05) is 18.7 Å². The maximum absolute atomic E-state index is 5.31. The molecule has 0 bridgehead atoms. The zero-order valence-corrected chi connectivity index (χ0v) is 12.9. The third-order valence-electron chi connectivity index (χ3n) is 3.75. The van der Waals surface area contributed by atoms with Gasteiger partial charge in [0.15, 0.2) is 17.1 Å². The summed E-state index contributed by atoms with van der Waals surface area (Å²) in [4.78, 5) is 4.43. The van der Waals surface area contributed by atoms with Crippen molar-refractivity contribution < 1.29 is 9.47 Å². The lowest BCUT2D eigenvalue weighted by atomic mass is 10.2. The first-order chi connectivity index (χ1) is 11.2. The third-order valence-corrected chi connectivity index (χ3v) is 3.75. The molecule has 4 rings (SSSR count). The molecule has 3 heterocycles. The highest BCUT2D eigenvalue weighted by Gasteiger charge is 2.15. The first-order valence-electron chi connectivity index (χ1n) is 6.96. The van der Waals surface area contributed by atoms with Crippen LogP contribution in [0.4, 0.5) is 0 Å². The number of rotatable bonds is 3. The van der Waals surface area contributed by atoms with Crippen molar-refractivity contribution in [3.63, 3.8) is 0 Å². The van der Waals surface area contributed by atoms with E-state index in [4.69, 9.17) is 9.47 Å². The van der Waals surface area contributed by atoms with Gasteiger partial charge in [-0.2, -0.15) is 5.10 Å². The normalized spacial score (nSPS) is 11.3. The second-order valence-corrected chi connectivity index (χ2v) is 5.07. The average Bonchev–Trinajstić information content (AvgIpc) is 3.18. The van der Waals surface area contributed by atoms with Gasteiger partial charge in [-0.05, 0) is 12.1 Å². The molecular weight excluding hydrogens is 296 g/mol. The van der Waals surface area contributed by atoms with Gasteiger partial charge in [0.1, 0.15) is 17.8 Å². The Morgan fingerprint density at radius 2 is 1.70 bits per heavy atom. The Labute approximate surface area is 131 Å². The molecule has 0 atom stereocenters. The minimum absolute atomic E-state index is 0.662. The summed E-state index contributed by atoms with van der Waals surface area (Å²) in [5.41, 5.74) is 2.30. The third kappa shape index (κ3) is 1.99. The molecule has 3 aromatic heterocycles. The first-order valence-corrected chi connectivity index (χ1v) is 6.96. The predicted molar refractivity (Wildman–Crippen MR) is 83.6 cm³/mol. The van der Waals surface area contributed by atoms with Crippen molar-refractivity contribution in [1.82, 2.24) is 29.4 Å². The van der Waals surface area contributed by atoms with Crippen LogP contribution in [0.1, 0.15) is 0 Å². The number of hydrogen-bond acceptors (Lipinski definition) is 6. The van der Waals surface area contributed by atoms with Crippen molar-refractivity contribution in [1.29, 1.82) is 0 Å². The van der Waals surface area contributed by atoms with Crippen molar-refractivity contribution >= 4 is 16.7 Å². The number of benzene rings is 1. The van der Waals surface area contributed by atoms with Crippen molar-refractivity contribution in [2.75, 3.05) is 14.2 Å². The van der Waals surface area contributed by atoms with Crippen molar-refractivity contribution in [2.45, 2.75) is 0 Å². The van der Waals surface area contributed by atoms with E-state index in [1.807, 2.05) is 29.6 Å². The van der Waals surface area contributed by atoms with Gasteiger partial charge in [0.05, 0.1) is 25.8 Å². The molecular formula is C15H14N6O2. The van der Waals surface area contributed by atoms with Crippen LogP contribution in [-0.2, 0) is 7.05 Å². The van der Waals surface area contributed by atoms with Crippen LogP contribution in [0, 0.1) is 0 Å². The van der Waals surface area contributed by atoms with Gasteiger partial charge in [-0.25, -0.2) is 4.98 Å². The van der Waals surface area contributed by atoms with Gasteiger partial charge in [0.25, 0.3) is 0 Å². The van der Waals surface area contributed by atoms with E-state index in [1.54, 1.807) is 31.4 Å². The molecule has 8 nitrogen and oxygen atoms in total. The summed E-state index contributed by atoms with van der Waals surface area (Å²) in [5.74, 6) is 2.04. The number of ether oxygens (including phenoxy) is 2. The van der Waals surface area contributed by atoms with Crippen LogP contribution in [0.3, 0.4) is 0 Å². The molecule has 0 aliphatic rings. The van der Waals surface area contributed by atoms with Crippen LogP contribution in [0.25, 0.3) is 28.1 Å². The number of nitrogens with zero attached hydrogens (tertiary/aromatic N) is 6. The fraction of sp³-hybridized carbons (Fsp3) is 0.200. The topological polar surface area (TPSA) is 79.4 Å². The molecule has 1 aromatic carbocycles. The van der Waals surface area contributed by atoms with E-state index in [-0.39, 0.29) is 0 Å². The number of fused-ring (bicyclic) bond motifs is 3. The van der Waals surface area contributed by atoms with Crippen molar-refractivity contribution in [3.8, 4) is 22.9 Å². The fourth-order valence-electron chi connectivity index (χ4n) is 2.57. The highest BCUT2D eigenvalue weighted by Crippen LogP contribution is 2.29. The summed E-state index contributed by atoms with van der Waals surface area (Å²) in [6.07, 6.45) is 3.43. The van der Waals surface area contributed by atoms with Gasteiger partial charge < -0.3 is 9.47 Å². The van der Waals surface area contributed by atoms with Gasteiger partial charge in [0.2, 0.25) is 0 Å². The molecule has 0 aliphatic carbocycles. The van der Waals surface area contributed by atoms with Crippen LogP contribution in [0.2, 0.25) is 0 Å². The molecule has 4 aromatic rings. The maximum Gasteiger partial charge on any atom is 0.175 e. The van der Waals surface area contributed by atoms with E-state index < -0.39 is 0 Å². The zero-order chi connectivity index (χ0) is 16.0. The summed E-state index contributed by atoms with van der Waals surface area (Å²) in [5, 5.41) is 13.7. The van der Waals surface area contributed by atoms with Crippen LogP contribution in [0.15, 0.2) is 30.7 Å². The molecule has 0 spiro atoms. The molecule has 0 N–H and O–H groups in total. The molecule has 0 unspecified atom stereocenters. The van der Waals surface area contributed by atoms with Crippen LogP contribution < -0.4 is 9.47 Å². The number of aryl methyl sites for hydroxylation is 1. The number of hydrogen-bond donors (Lipinski definition) is 0. The minimum Gasteiger partial charge on any atom is -0.497 e. The summed E-state index contributed by atoms with van der Waals surface area (Å²) in [7, 11) is 5.07. The largest absolute Gasteiger partial charge is 0.497 e. The first kappa shape index (κ1) is 13.5. The Morgan fingerprint density at radius 3 is 2.39 bits per heavy atom. The molecule has 116 valence electrons. The molecule has 0 amide bonds. The minimum atomic E-state index is 0.662. The van der Waals surface area contributed by atoms with Crippen molar-refractivity contribution in [2.24, 2.45) is 7.05 Å². The second-order valence-electron chi connectivity index (χ2n) is 5.07. The van der Waals surface area contributed by atoms with E-state index in [0.29, 0.717) is 23.0 Å². The smallest absolute Gasteiger partial charge is 0.175 e. The molecule has 0 fully saturated rings. The van der Waals surface area contributed by atoms with E-state index in [1.165, 1.54) is 0 Å². The van der Waals surface area contributed by atoms with E-state index in [2.05, 4.69) is 20.3 Å². The SMILES string of the molecule is COc1cc(OC)cc(-c2nnc3c4cnn(C)c4ncn23)c1. The summed E-state index contributed by atoms with van der Waals surface area (Å²) < 4.78 is 14.2. The molecule has 0 radical (unpaired) electrons. The quantitative estimate of drug-likeness (QED) is 0.573. The molecule has 0 aliphatic heterocycles. The van der Waals surface area contributed by atoms with Crippen molar-refractivity contribution in [3.05, 3.63) is 30.7 Å². The number of methoxy groups -OCH3 is 2. The van der Waals surface area contributed by atoms with Gasteiger partial charge in [-0.15, -0.1) is 10.2 Å². The van der Waals surface area contributed by atoms with E-state index in [9.17, 15) is 0 Å². The Balaban J connectivity index is 1.97. The summed E-state index contributed by atoms with van der Waals surface area (Å²) in [6.45, 7) is 0. The van der Waals surface area contributed by atoms with Gasteiger partial charge in [-0.1, -0.05) is 0 Å². The van der Waals surface area contributed by atoms with E-state index in [0.717, 1.165) is 16.6 Å². The monoisotopic (exact) mass is 310 g/mol. The Kier molecular flexibility index (Phi) is 2.90. The average molecular weight is 310 g/mol. The highest BCUT2D eigenvalue weighted by atomic mass is 16.5. The van der Waals surface area contributed by atoms with Gasteiger partial charge >= 0.3 is 0 Å². The highest BCUT2D eigenvalue weighted by molar-refractivity contribution is 5.89. The maximum atomic E-state index is 5.31. The van der Waals surface area contributed by atoms with Gasteiger partial charge in [-0.3, -0.25) is 9.08 Å². The standard InChI is InChI=1S/C15H14N6O2/c1-20-14-12(7-17-20)15-19-18-13(21(15)8-16-14)9-4-10(22-2)6-11(5-9)23-3/h4-8H,1-3H3. The molecule has 23 heavy (non-hydrogen) atoms. The lowest BCUT2D eigenvalue weighted by Crippen LogP contribution is -1.96. The predicted octanol–water partition coefficient (Wildman–Crippen LogP) is 1.70. The van der Waals surface area contributed by atoms with Crippen LogP contribution >= 0.6 is 0 Å². The summed E-state index contributed by atoms with van der Waals surface area (Å²) in [6, 6.07) is 5.57. The Bertz CT molecular complexity index is 997. The molecule has 0 saturated heterocycles. The van der Waals surface area contributed by atoms with Crippen LogP contribution in [0.5, 0.6) is 11.5 Å². The lowest BCUT2D eigenvalue weighted by molar-refractivity contribution is 0.394. The van der Waals surface area contributed by atoms with Crippen LogP contribution in [-0.4, -0.2) is 43.6 Å². The second kappa shape index (κ2) is 4.94. The molecule has 0 saturated carbocycles. The lowest BCUT2D eigenvalue weighted by Gasteiger charge is -2.07. The Morgan fingerprint density at radius 1 is 0.957 bits per heavy atom. The summed E-state index contributed by atoms with van der Waals surface area (Å²) >= 11 is 0. The Hall–Kier alpha value is -3.16.